The number of rotatable bonds is 21. The largest absolute Gasteiger partial charge is 0.303 e. The fourth-order valence-electron chi connectivity index (χ4n) is 4.00. The molecule has 0 N–H and O–H groups in total. The lowest BCUT2D eigenvalue weighted by molar-refractivity contribution is 0.254. The third kappa shape index (κ3) is 25.2. The van der Waals surface area contributed by atoms with Crippen molar-refractivity contribution in [2.45, 2.75) is 136 Å². The molecule has 0 atom stereocenters. The van der Waals surface area contributed by atoms with Crippen LogP contribution in [0, 0.1) is 0 Å². The van der Waals surface area contributed by atoms with Crippen LogP contribution in [0.15, 0.2) is 30.6 Å². The third-order valence-corrected chi connectivity index (χ3v) is 6.05. The minimum absolute atomic E-state index is 1.36. The van der Waals surface area contributed by atoms with Gasteiger partial charge in [-0.1, -0.05) is 123 Å². The molecule has 2 heteroatoms. The zero-order valence-corrected chi connectivity index (χ0v) is 21.6. The van der Waals surface area contributed by atoms with Crippen LogP contribution in [-0.2, 0) is 0 Å². The molecule has 0 radical (unpaired) electrons. The van der Waals surface area contributed by atoms with Gasteiger partial charge in [0.1, 0.15) is 0 Å². The van der Waals surface area contributed by atoms with Crippen molar-refractivity contribution < 1.29 is 0 Å². The first-order chi connectivity index (χ1) is 15.3. The predicted molar refractivity (Wildman–Crippen MR) is 141 cm³/mol. The first-order valence-corrected chi connectivity index (χ1v) is 13.9. The first kappa shape index (κ1) is 30.1. The fourth-order valence-corrected chi connectivity index (χ4v) is 4.00. The van der Waals surface area contributed by atoms with E-state index in [4.69, 9.17) is 0 Å². The molecule has 0 aromatic carbocycles. The van der Waals surface area contributed by atoms with Crippen LogP contribution in [0.5, 0.6) is 0 Å². The van der Waals surface area contributed by atoms with E-state index in [2.05, 4.69) is 30.7 Å². The molecule has 0 saturated heterocycles. The summed E-state index contributed by atoms with van der Waals surface area (Å²) < 4.78 is 0. The Morgan fingerprint density at radius 1 is 0.419 bits per heavy atom. The van der Waals surface area contributed by atoms with Crippen molar-refractivity contribution in [3.8, 4) is 0 Å². The molecule has 0 spiro atoms. The maximum atomic E-state index is 3.78. The fraction of sp³-hybridized carbons (Fsp3) is 0.828. The van der Waals surface area contributed by atoms with E-state index >= 15 is 0 Å². The van der Waals surface area contributed by atoms with Crippen LogP contribution in [0.2, 0.25) is 0 Å². The summed E-state index contributed by atoms with van der Waals surface area (Å²) in [6.45, 7) is 11.0. The number of pyridine rings is 1. The van der Waals surface area contributed by atoms with Crippen LogP contribution in [-0.4, -0.2) is 29.5 Å². The predicted octanol–water partition coefficient (Wildman–Crippen LogP) is 9.45. The Balaban J connectivity index is 0.00000127. The summed E-state index contributed by atoms with van der Waals surface area (Å²) >= 11 is 0. The van der Waals surface area contributed by atoms with Crippen molar-refractivity contribution in [2.24, 2.45) is 0 Å². The lowest BCUT2D eigenvalue weighted by Crippen LogP contribution is -2.27. The highest BCUT2D eigenvalue weighted by atomic mass is 15.1. The van der Waals surface area contributed by atoms with Gasteiger partial charge in [-0.3, -0.25) is 4.98 Å². The maximum Gasteiger partial charge on any atom is 0.0267 e. The number of hydrogen-bond donors (Lipinski definition) is 0. The molecule has 0 unspecified atom stereocenters. The van der Waals surface area contributed by atoms with E-state index in [1.807, 2.05) is 18.2 Å². The Hall–Kier alpha value is -0.890. The molecule has 1 rings (SSSR count). The molecule has 2 nitrogen and oxygen atoms in total. The summed E-state index contributed by atoms with van der Waals surface area (Å²) in [4.78, 5) is 6.58. The topological polar surface area (TPSA) is 16.1 Å². The summed E-state index contributed by atoms with van der Waals surface area (Å²) in [5.74, 6) is 0. The lowest BCUT2D eigenvalue weighted by Gasteiger charge is -2.22. The SMILES string of the molecule is CCCCCCCCN(CCCCCCCC)CCCCCCCC.c1ccncc1. The van der Waals surface area contributed by atoms with Gasteiger partial charge in [-0.15, -0.1) is 0 Å². The van der Waals surface area contributed by atoms with Crippen LogP contribution < -0.4 is 0 Å². The van der Waals surface area contributed by atoms with Crippen LogP contribution in [0.25, 0.3) is 0 Å². The van der Waals surface area contributed by atoms with E-state index in [9.17, 15) is 0 Å². The van der Waals surface area contributed by atoms with Crippen molar-refractivity contribution >= 4 is 0 Å². The van der Waals surface area contributed by atoms with E-state index in [0.717, 1.165) is 0 Å². The second-order valence-electron chi connectivity index (χ2n) is 9.17. The standard InChI is InChI=1S/C24H51N.C5H5N/c1-4-7-10-13-16-19-22-25(23-20-17-14-11-8-5-2)24-21-18-15-12-9-6-3;1-2-4-6-5-3-1/h4-24H2,1-3H3;1-5H. The Labute approximate surface area is 196 Å². The molecule has 0 saturated carbocycles. The van der Waals surface area contributed by atoms with Crippen LogP contribution in [0.4, 0.5) is 0 Å². The van der Waals surface area contributed by atoms with Crippen LogP contribution in [0.3, 0.4) is 0 Å². The monoisotopic (exact) mass is 432 g/mol. The van der Waals surface area contributed by atoms with E-state index in [-0.39, 0.29) is 0 Å². The Morgan fingerprint density at radius 3 is 1.00 bits per heavy atom. The van der Waals surface area contributed by atoms with Gasteiger partial charge in [-0.25, -0.2) is 0 Å². The maximum absolute atomic E-state index is 3.78. The number of aromatic nitrogens is 1. The molecular formula is C29H56N2. The summed E-state index contributed by atoms with van der Waals surface area (Å²) in [6, 6.07) is 5.72. The zero-order valence-electron chi connectivity index (χ0n) is 21.6. The van der Waals surface area contributed by atoms with Crippen LogP contribution >= 0.6 is 0 Å². The van der Waals surface area contributed by atoms with E-state index < -0.39 is 0 Å². The van der Waals surface area contributed by atoms with Gasteiger partial charge >= 0.3 is 0 Å². The van der Waals surface area contributed by atoms with E-state index in [0.29, 0.717) is 0 Å². The highest BCUT2D eigenvalue weighted by Crippen LogP contribution is 2.11. The second-order valence-corrected chi connectivity index (χ2v) is 9.17. The average molecular weight is 433 g/mol. The minimum Gasteiger partial charge on any atom is -0.303 e. The molecule has 182 valence electrons. The van der Waals surface area contributed by atoms with Crippen molar-refractivity contribution in [2.75, 3.05) is 19.6 Å². The van der Waals surface area contributed by atoms with Gasteiger partial charge in [0.05, 0.1) is 0 Å². The molecule has 0 amide bonds. The Kier molecular flexibility index (Phi) is 26.4. The highest BCUT2D eigenvalue weighted by Gasteiger charge is 2.05. The molecular weight excluding hydrogens is 376 g/mol. The minimum atomic E-state index is 1.36. The van der Waals surface area contributed by atoms with E-state index in [1.165, 1.54) is 135 Å². The van der Waals surface area contributed by atoms with Gasteiger partial charge in [0.2, 0.25) is 0 Å². The smallest absolute Gasteiger partial charge is 0.0267 e. The lowest BCUT2D eigenvalue weighted by atomic mass is 10.1. The summed E-state index contributed by atoms with van der Waals surface area (Å²) in [7, 11) is 0. The van der Waals surface area contributed by atoms with Gasteiger partial charge in [-0.05, 0) is 51.0 Å². The van der Waals surface area contributed by atoms with Crippen molar-refractivity contribution in [3.63, 3.8) is 0 Å². The molecule has 0 fully saturated rings. The first-order valence-electron chi connectivity index (χ1n) is 13.9. The molecule has 0 aliphatic rings. The second kappa shape index (κ2) is 27.1. The molecule has 0 aliphatic carbocycles. The molecule has 1 heterocycles. The van der Waals surface area contributed by atoms with Gasteiger partial charge in [0, 0.05) is 12.4 Å². The molecule has 1 aromatic rings. The molecule has 1 aromatic heterocycles. The van der Waals surface area contributed by atoms with Gasteiger partial charge in [-0.2, -0.15) is 0 Å². The van der Waals surface area contributed by atoms with Gasteiger partial charge in [0.15, 0.2) is 0 Å². The number of nitrogens with zero attached hydrogens (tertiary/aromatic N) is 2. The van der Waals surface area contributed by atoms with Crippen molar-refractivity contribution in [3.05, 3.63) is 30.6 Å². The normalized spacial score (nSPS) is 10.8. The third-order valence-electron chi connectivity index (χ3n) is 6.05. The quantitative estimate of drug-likeness (QED) is 0.180. The van der Waals surface area contributed by atoms with Crippen molar-refractivity contribution in [1.29, 1.82) is 0 Å². The highest BCUT2D eigenvalue weighted by molar-refractivity contribution is 4.88. The summed E-state index contributed by atoms with van der Waals surface area (Å²) in [6.07, 6.45) is 29.2. The van der Waals surface area contributed by atoms with Gasteiger partial charge in [0.25, 0.3) is 0 Å². The Bertz CT molecular complexity index is 342. The summed E-state index contributed by atoms with van der Waals surface area (Å²) in [5.41, 5.74) is 0. The van der Waals surface area contributed by atoms with Crippen LogP contribution in [0.1, 0.15) is 136 Å². The average Bonchev–Trinajstić information content (AvgIpc) is 2.81. The van der Waals surface area contributed by atoms with E-state index in [1.54, 1.807) is 12.4 Å². The molecule has 0 aliphatic heterocycles. The molecule has 0 bridgehead atoms. The number of hydrogen-bond acceptors (Lipinski definition) is 2. The molecule has 31 heavy (non-hydrogen) atoms. The summed E-state index contributed by atoms with van der Waals surface area (Å²) in [5, 5.41) is 0. The van der Waals surface area contributed by atoms with Gasteiger partial charge < -0.3 is 4.90 Å². The van der Waals surface area contributed by atoms with Crippen molar-refractivity contribution in [1.82, 2.24) is 9.88 Å². The number of unbranched alkanes of at least 4 members (excludes halogenated alkanes) is 15. The Morgan fingerprint density at radius 2 is 0.742 bits per heavy atom. The zero-order chi connectivity index (χ0) is 22.7.